The van der Waals surface area contributed by atoms with E-state index in [-0.39, 0.29) is 12.4 Å². The lowest BCUT2D eigenvalue weighted by molar-refractivity contribution is 0.340. The fraction of sp³-hybridized carbons (Fsp3) is 0.200. The molecule has 0 amide bonds. The Hall–Kier alpha value is -1.03. The zero-order valence-electron chi connectivity index (χ0n) is 7.41. The van der Waals surface area contributed by atoms with E-state index in [1.165, 1.54) is 6.07 Å². The minimum Gasteiger partial charge on any atom is -0.486 e. The van der Waals surface area contributed by atoms with Crippen molar-refractivity contribution < 1.29 is 13.5 Å². The Morgan fingerprint density at radius 1 is 1.29 bits per heavy atom. The Morgan fingerprint density at radius 2 is 2.07 bits per heavy atom. The average molecular weight is 216 g/mol. The van der Waals surface area contributed by atoms with Gasteiger partial charge in [0.25, 0.3) is 0 Å². The summed E-state index contributed by atoms with van der Waals surface area (Å²) in [5.41, 5.74) is 0. The van der Waals surface area contributed by atoms with Gasteiger partial charge < -0.3 is 4.74 Å². The fourth-order valence-corrected chi connectivity index (χ4v) is 1.02. The predicted molar refractivity (Wildman–Crippen MR) is 54.8 cm³/mol. The summed E-state index contributed by atoms with van der Waals surface area (Å²) >= 11 is 3.95. The standard InChI is InChI=1S/C10H10F2OS/c11-8-3-4-10(9(12)7-8)13-5-1-2-6-14/h1-4,7,14H,5-6H2. The number of ether oxygens (including phenoxy) is 1. The fourth-order valence-electron chi connectivity index (χ4n) is 0.873. The number of halogens is 2. The van der Waals surface area contributed by atoms with Gasteiger partial charge >= 0.3 is 0 Å². The van der Waals surface area contributed by atoms with Crippen molar-refractivity contribution in [2.24, 2.45) is 0 Å². The summed E-state index contributed by atoms with van der Waals surface area (Å²) in [5, 5.41) is 0. The lowest BCUT2D eigenvalue weighted by Crippen LogP contribution is -1.96. The molecule has 0 atom stereocenters. The van der Waals surface area contributed by atoms with Crippen LogP contribution < -0.4 is 4.74 Å². The summed E-state index contributed by atoms with van der Waals surface area (Å²) in [5.74, 6) is -0.643. The average Bonchev–Trinajstić information content (AvgIpc) is 2.15. The van der Waals surface area contributed by atoms with Crippen LogP contribution in [0.25, 0.3) is 0 Å². The molecule has 0 saturated heterocycles. The highest BCUT2D eigenvalue weighted by Crippen LogP contribution is 2.17. The molecule has 1 nitrogen and oxygen atoms in total. The first kappa shape index (κ1) is 11.0. The molecule has 14 heavy (non-hydrogen) atoms. The van der Waals surface area contributed by atoms with E-state index in [0.29, 0.717) is 5.75 Å². The van der Waals surface area contributed by atoms with Gasteiger partial charge in [0.2, 0.25) is 0 Å². The molecule has 0 saturated carbocycles. The third kappa shape index (κ3) is 3.38. The first-order valence-electron chi connectivity index (χ1n) is 4.07. The van der Waals surface area contributed by atoms with Crippen molar-refractivity contribution in [1.82, 2.24) is 0 Å². The van der Waals surface area contributed by atoms with Crippen molar-refractivity contribution in [2.45, 2.75) is 0 Å². The molecule has 4 heteroatoms. The molecule has 76 valence electrons. The Kier molecular flexibility index (Phi) is 4.46. The highest BCUT2D eigenvalue weighted by Gasteiger charge is 2.02. The molecule has 0 radical (unpaired) electrons. The molecular weight excluding hydrogens is 206 g/mol. The van der Waals surface area contributed by atoms with Gasteiger partial charge in [-0.25, -0.2) is 8.78 Å². The molecule has 1 aromatic rings. The summed E-state index contributed by atoms with van der Waals surface area (Å²) in [6.07, 6.45) is 3.50. The third-order valence-corrected chi connectivity index (χ3v) is 1.71. The van der Waals surface area contributed by atoms with E-state index in [2.05, 4.69) is 12.6 Å². The quantitative estimate of drug-likeness (QED) is 0.601. The van der Waals surface area contributed by atoms with Gasteiger partial charge in [0.05, 0.1) is 0 Å². The summed E-state index contributed by atoms with van der Waals surface area (Å²) in [6, 6.07) is 3.21. The SMILES string of the molecule is Fc1ccc(OCC=CCS)c(F)c1. The van der Waals surface area contributed by atoms with Crippen LogP contribution in [-0.4, -0.2) is 12.4 Å². The normalized spacial score (nSPS) is 10.8. The van der Waals surface area contributed by atoms with Crippen LogP contribution in [-0.2, 0) is 0 Å². The first-order chi connectivity index (χ1) is 6.74. The van der Waals surface area contributed by atoms with Crippen LogP contribution >= 0.6 is 12.6 Å². The molecule has 0 spiro atoms. The van der Waals surface area contributed by atoms with E-state index >= 15 is 0 Å². The van der Waals surface area contributed by atoms with Gasteiger partial charge in [0.15, 0.2) is 11.6 Å². The molecule has 0 bridgehead atoms. The van der Waals surface area contributed by atoms with Gasteiger partial charge in [0, 0.05) is 11.8 Å². The summed E-state index contributed by atoms with van der Waals surface area (Å²) in [4.78, 5) is 0. The minimum atomic E-state index is -0.690. The van der Waals surface area contributed by atoms with Crippen LogP contribution in [0.4, 0.5) is 8.78 Å². The van der Waals surface area contributed by atoms with Crippen LogP contribution in [0.3, 0.4) is 0 Å². The van der Waals surface area contributed by atoms with Gasteiger partial charge in [-0.2, -0.15) is 12.6 Å². The van der Waals surface area contributed by atoms with Crippen molar-refractivity contribution in [3.8, 4) is 5.75 Å². The Morgan fingerprint density at radius 3 is 2.71 bits per heavy atom. The van der Waals surface area contributed by atoms with Gasteiger partial charge in [-0.05, 0) is 12.1 Å². The van der Waals surface area contributed by atoms with Crippen molar-refractivity contribution in [3.05, 3.63) is 42.0 Å². The summed E-state index contributed by atoms with van der Waals surface area (Å²) in [6.45, 7) is 0.253. The first-order valence-corrected chi connectivity index (χ1v) is 4.71. The molecule has 0 N–H and O–H groups in total. The van der Waals surface area contributed by atoms with E-state index in [1.807, 2.05) is 0 Å². The highest BCUT2D eigenvalue weighted by atomic mass is 32.1. The van der Waals surface area contributed by atoms with Gasteiger partial charge in [0.1, 0.15) is 12.4 Å². The van der Waals surface area contributed by atoms with E-state index in [4.69, 9.17) is 4.74 Å². The molecule has 1 rings (SSSR count). The second-order valence-corrected chi connectivity index (χ2v) is 2.90. The monoisotopic (exact) mass is 216 g/mol. The van der Waals surface area contributed by atoms with Crippen molar-refractivity contribution >= 4 is 12.6 Å². The number of hydrogen-bond donors (Lipinski definition) is 1. The molecule has 0 aromatic heterocycles. The maximum atomic E-state index is 13.0. The van der Waals surface area contributed by atoms with Crippen molar-refractivity contribution in [2.75, 3.05) is 12.4 Å². The number of thiol groups is 1. The second kappa shape index (κ2) is 5.65. The van der Waals surface area contributed by atoms with Crippen LogP contribution in [0.1, 0.15) is 0 Å². The summed E-state index contributed by atoms with van der Waals surface area (Å²) in [7, 11) is 0. The molecule has 1 aromatic carbocycles. The highest BCUT2D eigenvalue weighted by molar-refractivity contribution is 7.80. The second-order valence-electron chi connectivity index (χ2n) is 2.54. The number of rotatable bonds is 4. The Labute approximate surface area is 86.8 Å². The Bertz CT molecular complexity index is 326. The number of hydrogen-bond acceptors (Lipinski definition) is 2. The van der Waals surface area contributed by atoms with E-state index in [9.17, 15) is 8.78 Å². The van der Waals surface area contributed by atoms with Crippen LogP contribution in [0, 0.1) is 11.6 Å². The van der Waals surface area contributed by atoms with E-state index < -0.39 is 11.6 Å². The lowest BCUT2D eigenvalue weighted by Gasteiger charge is -2.03. The van der Waals surface area contributed by atoms with Gasteiger partial charge in [-0.15, -0.1) is 0 Å². The predicted octanol–water partition coefficient (Wildman–Crippen LogP) is 2.83. The maximum absolute atomic E-state index is 13.0. The summed E-state index contributed by atoms with van der Waals surface area (Å²) < 4.78 is 30.5. The third-order valence-electron chi connectivity index (χ3n) is 1.50. The molecule has 0 unspecified atom stereocenters. The number of benzene rings is 1. The molecule has 0 fully saturated rings. The maximum Gasteiger partial charge on any atom is 0.167 e. The zero-order valence-corrected chi connectivity index (χ0v) is 8.31. The molecular formula is C10H10F2OS. The lowest BCUT2D eigenvalue weighted by atomic mass is 10.3. The van der Waals surface area contributed by atoms with E-state index in [0.717, 1.165) is 12.1 Å². The van der Waals surface area contributed by atoms with Crippen molar-refractivity contribution in [1.29, 1.82) is 0 Å². The minimum absolute atomic E-state index is 0.0511. The zero-order chi connectivity index (χ0) is 10.4. The largest absolute Gasteiger partial charge is 0.486 e. The van der Waals surface area contributed by atoms with Crippen LogP contribution in [0.15, 0.2) is 30.4 Å². The van der Waals surface area contributed by atoms with Gasteiger partial charge in [-0.3, -0.25) is 0 Å². The molecule has 0 aliphatic heterocycles. The Balaban J connectivity index is 2.55. The molecule has 0 heterocycles. The van der Waals surface area contributed by atoms with E-state index in [1.54, 1.807) is 12.2 Å². The van der Waals surface area contributed by atoms with Gasteiger partial charge in [-0.1, -0.05) is 12.2 Å². The topological polar surface area (TPSA) is 9.23 Å². The molecule has 0 aliphatic rings. The smallest absolute Gasteiger partial charge is 0.167 e. The van der Waals surface area contributed by atoms with Crippen molar-refractivity contribution in [3.63, 3.8) is 0 Å². The van der Waals surface area contributed by atoms with Crippen LogP contribution in [0.2, 0.25) is 0 Å². The molecule has 0 aliphatic carbocycles. The van der Waals surface area contributed by atoms with Crippen LogP contribution in [0.5, 0.6) is 5.75 Å².